The predicted octanol–water partition coefficient (Wildman–Crippen LogP) is 2.95. The van der Waals surface area contributed by atoms with Crippen molar-refractivity contribution in [2.75, 3.05) is 20.2 Å². The second-order valence-corrected chi connectivity index (χ2v) is 5.89. The summed E-state index contributed by atoms with van der Waals surface area (Å²) in [5.74, 6) is 0.753. The van der Waals surface area contributed by atoms with E-state index < -0.39 is 0 Å². The fraction of sp³-hybridized carbons (Fsp3) is 0.333. The minimum absolute atomic E-state index is 0.0420. The molecule has 23 heavy (non-hydrogen) atoms. The summed E-state index contributed by atoms with van der Waals surface area (Å²) in [7, 11) is 1.64. The minimum Gasteiger partial charge on any atom is -0.496 e. The van der Waals surface area contributed by atoms with E-state index in [-0.39, 0.29) is 5.43 Å². The van der Waals surface area contributed by atoms with Gasteiger partial charge in [-0.15, -0.1) is 0 Å². The molecule has 0 saturated carbocycles. The third-order valence-electron chi connectivity index (χ3n) is 4.48. The smallest absolute Gasteiger partial charge is 0.230 e. The average Bonchev–Trinajstić information content (AvgIpc) is 3.09. The van der Waals surface area contributed by atoms with Gasteiger partial charge in [0.05, 0.1) is 23.4 Å². The summed E-state index contributed by atoms with van der Waals surface area (Å²) in [6, 6.07) is 7.13. The summed E-state index contributed by atoms with van der Waals surface area (Å²) in [4.78, 5) is 19.3. The second-order valence-electron chi connectivity index (χ2n) is 5.89. The highest BCUT2D eigenvalue weighted by Gasteiger charge is 2.20. The lowest BCUT2D eigenvalue weighted by molar-refractivity contribution is 0.320. The summed E-state index contributed by atoms with van der Waals surface area (Å²) in [6.45, 7) is 2.85. The molecule has 5 heteroatoms. The van der Waals surface area contributed by atoms with Crippen molar-refractivity contribution in [3.8, 4) is 5.75 Å². The average molecular weight is 310 g/mol. The lowest BCUT2D eigenvalue weighted by Gasteiger charge is -2.18. The van der Waals surface area contributed by atoms with Crippen LogP contribution < -0.4 is 10.2 Å². The maximum Gasteiger partial charge on any atom is 0.230 e. The van der Waals surface area contributed by atoms with Crippen LogP contribution >= 0.6 is 0 Å². The molecule has 0 aliphatic carbocycles. The van der Waals surface area contributed by atoms with Crippen molar-refractivity contribution in [1.29, 1.82) is 0 Å². The van der Waals surface area contributed by atoms with Crippen LogP contribution in [0.3, 0.4) is 0 Å². The van der Waals surface area contributed by atoms with Crippen molar-refractivity contribution in [3.05, 3.63) is 46.2 Å². The monoisotopic (exact) mass is 310 g/mol. The normalized spacial score (nSPS) is 15.5. The number of likely N-dealkylation sites (tertiary alicyclic amines) is 1. The second kappa shape index (κ2) is 5.66. The highest BCUT2D eigenvalue weighted by Crippen LogP contribution is 2.30. The van der Waals surface area contributed by atoms with Gasteiger partial charge in [-0.25, -0.2) is 4.98 Å². The van der Waals surface area contributed by atoms with E-state index in [1.54, 1.807) is 31.5 Å². The first-order chi connectivity index (χ1) is 11.3. The number of benzene rings is 1. The molecule has 0 unspecified atom stereocenters. The lowest BCUT2D eigenvalue weighted by atomic mass is 10.1. The number of rotatable bonds is 3. The Labute approximate surface area is 133 Å². The van der Waals surface area contributed by atoms with Crippen molar-refractivity contribution in [1.82, 2.24) is 9.88 Å². The van der Waals surface area contributed by atoms with Crippen molar-refractivity contribution in [2.24, 2.45) is 0 Å². The fourth-order valence-corrected chi connectivity index (χ4v) is 3.30. The molecule has 0 N–H and O–H groups in total. The van der Waals surface area contributed by atoms with Gasteiger partial charge in [-0.05, 0) is 50.2 Å². The van der Waals surface area contributed by atoms with Crippen LogP contribution in [-0.2, 0) is 6.54 Å². The van der Waals surface area contributed by atoms with E-state index in [1.165, 1.54) is 12.8 Å². The molecule has 1 saturated heterocycles. The van der Waals surface area contributed by atoms with Gasteiger partial charge in [0.15, 0.2) is 0 Å². The van der Waals surface area contributed by atoms with Crippen LogP contribution in [0.2, 0.25) is 0 Å². The van der Waals surface area contributed by atoms with Crippen molar-refractivity contribution < 1.29 is 9.15 Å². The van der Waals surface area contributed by atoms with Crippen LogP contribution in [0.25, 0.3) is 22.1 Å². The van der Waals surface area contributed by atoms with E-state index in [4.69, 9.17) is 9.15 Å². The molecule has 3 aromatic rings. The number of nitrogens with zero attached hydrogens (tertiary/aromatic N) is 2. The van der Waals surface area contributed by atoms with Gasteiger partial charge in [0, 0.05) is 12.7 Å². The molecule has 1 aromatic carbocycles. The number of pyridine rings is 1. The van der Waals surface area contributed by atoms with Crippen molar-refractivity contribution in [2.45, 2.75) is 19.4 Å². The zero-order valence-electron chi connectivity index (χ0n) is 13.0. The molecular formula is C18H18N2O3. The molecule has 1 fully saturated rings. The molecule has 3 heterocycles. The molecular weight excluding hydrogens is 292 g/mol. The number of hydrogen-bond donors (Lipinski definition) is 0. The zero-order chi connectivity index (χ0) is 15.8. The number of hydrogen-bond acceptors (Lipinski definition) is 5. The highest BCUT2D eigenvalue weighted by molar-refractivity contribution is 5.90. The Bertz CT molecular complexity index is 927. The molecule has 0 radical (unpaired) electrons. The zero-order valence-corrected chi connectivity index (χ0v) is 13.0. The first-order valence-corrected chi connectivity index (χ1v) is 7.87. The van der Waals surface area contributed by atoms with E-state index in [9.17, 15) is 4.79 Å². The summed E-state index contributed by atoms with van der Waals surface area (Å²) < 4.78 is 11.5. The van der Waals surface area contributed by atoms with E-state index >= 15 is 0 Å². The van der Waals surface area contributed by atoms with Crippen LogP contribution in [-0.4, -0.2) is 30.1 Å². The molecule has 0 spiro atoms. The number of ether oxygens (including phenoxy) is 1. The van der Waals surface area contributed by atoms with E-state index in [2.05, 4.69) is 9.88 Å². The molecule has 5 nitrogen and oxygen atoms in total. The molecule has 0 amide bonds. The molecule has 0 atom stereocenters. The minimum atomic E-state index is -0.0420. The largest absolute Gasteiger partial charge is 0.496 e. The highest BCUT2D eigenvalue weighted by atomic mass is 16.5. The van der Waals surface area contributed by atoms with Gasteiger partial charge < -0.3 is 9.15 Å². The maximum atomic E-state index is 12.7. The van der Waals surface area contributed by atoms with Gasteiger partial charge in [-0.2, -0.15) is 0 Å². The molecule has 118 valence electrons. The Morgan fingerprint density at radius 1 is 1.22 bits per heavy atom. The standard InChI is InChI=1S/C18H18N2O3/c1-22-15-7-6-12-16(21)13-5-4-8-19-18(13)23-17(12)14(15)11-20-9-2-3-10-20/h4-8H,2-3,9-11H2,1H3. The molecule has 0 bridgehead atoms. The first-order valence-electron chi connectivity index (χ1n) is 7.87. The lowest BCUT2D eigenvalue weighted by Crippen LogP contribution is -2.19. The van der Waals surface area contributed by atoms with E-state index in [1.807, 2.05) is 6.07 Å². The first kappa shape index (κ1) is 14.2. The Balaban J connectivity index is 1.99. The van der Waals surface area contributed by atoms with Crippen molar-refractivity contribution in [3.63, 3.8) is 0 Å². The van der Waals surface area contributed by atoms with Gasteiger partial charge in [0.25, 0.3) is 0 Å². The SMILES string of the molecule is COc1ccc2c(=O)c3cccnc3oc2c1CN1CCCC1. The van der Waals surface area contributed by atoms with Crippen LogP contribution in [0.5, 0.6) is 5.75 Å². The van der Waals surface area contributed by atoms with Gasteiger partial charge in [-0.1, -0.05) is 0 Å². The third kappa shape index (κ3) is 2.37. The molecule has 1 aliphatic heterocycles. The summed E-state index contributed by atoms with van der Waals surface area (Å²) in [5.41, 5.74) is 1.85. The van der Waals surface area contributed by atoms with Gasteiger partial charge in [-0.3, -0.25) is 9.69 Å². The van der Waals surface area contributed by atoms with Crippen LogP contribution in [0.4, 0.5) is 0 Å². The van der Waals surface area contributed by atoms with Gasteiger partial charge >= 0.3 is 0 Å². The molecule has 1 aliphatic rings. The Hall–Kier alpha value is -2.40. The van der Waals surface area contributed by atoms with Crippen LogP contribution in [0.15, 0.2) is 39.7 Å². The Morgan fingerprint density at radius 3 is 2.83 bits per heavy atom. The maximum absolute atomic E-state index is 12.7. The quantitative estimate of drug-likeness (QED) is 0.696. The number of fused-ring (bicyclic) bond motifs is 2. The third-order valence-corrected chi connectivity index (χ3v) is 4.48. The Kier molecular flexibility index (Phi) is 3.50. The summed E-state index contributed by atoms with van der Waals surface area (Å²) >= 11 is 0. The summed E-state index contributed by atoms with van der Waals surface area (Å²) in [5, 5.41) is 1.10. The molecule has 4 rings (SSSR count). The summed E-state index contributed by atoms with van der Waals surface area (Å²) in [6.07, 6.45) is 4.06. The van der Waals surface area contributed by atoms with Crippen LogP contribution in [0.1, 0.15) is 18.4 Å². The van der Waals surface area contributed by atoms with E-state index in [0.717, 1.165) is 30.9 Å². The predicted molar refractivity (Wildman–Crippen MR) is 88.8 cm³/mol. The van der Waals surface area contributed by atoms with Gasteiger partial charge in [0.1, 0.15) is 11.3 Å². The topological polar surface area (TPSA) is 55.6 Å². The van der Waals surface area contributed by atoms with Crippen LogP contribution in [0, 0.1) is 0 Å². The van der Waals surface area contributed by atoms with E-state index in [0.29, 0.717) is 22.1 Å². The fourth-order valence-electron chi connectivity index (χ4n) is 3.30. The molecule has 2 aromatic heterocycles. The Morgan fingerprint density at radius 2 is 2.04 bits per heavy atom. The van der Waals surface area contributed by atoms with Gasteiger partial charge in [0.2, 0.25) is 11.1 Å². The van der Waals surface area contributed by atoms with Crippen molar-refractivity contribution >= 4 is 22.1 Å². The number of aromatic nitrogens is 1. The number of methoxy groups -OCH3 is 1.